The zero-order valence-corrected chi connectivity index (χ0v) is 12.6. The van der Waals surface area contributed by atoms with E-state index in [-0.39, 0.29) is 11.9 Å². The van der Waals surface area contributed by atoms with E-state index in [0.29, 0.717) is 22.2 Å². The Kier molecular flexibility index (Phi) is 4.04. The molecule has 0 aromatic heterocycles. The van der Waals surface area contributed by atoms with Crippen molar-refractivity contribution in [1.29, 1.82) is 0 Å². The summed E-state index contributed by atoms with van der Waals surface area (Å²) in [6.45, 7) is 0.582. The Morgan fingerprint density at radius 2 is 1.86 bits per heavy atom. The van der Waals surface area contributed by atoms with E-state index in [9.17, 15) is 4.79 Å². The van der Waals surface area contributed by atoms with Crippen LogP contribution in [-0.2, 0) is 0 Å². The topological polar surface area (TPSA) is 38.3 Å². The SMILES string of the molecule is O=C(NC1CCOc2ccccc21)c1cc(Cl)cc(Cl)c1. The third-order valence-electron chi connectivity index (χ3n) is 3.39. The standard InChI is InChI=1S/C16H13Cl2NO2/c17-11-7-10(8-12(18)9-11)16(20)19-14-5-6-21-15-4-2-1-3-13(14)15/h1-4,7-9,14H,5-6H2,(H,19,20). The molecule has 3 nitrogen and oxygen atoms in total. The van der Waals surface area contributed by atoms with Gasteiger partial charge in [-0.05, 0) is 24.3 Å². The number of amides is 1. The van der Waals surface area contributed by atoms with Gasteiger partial charge >= 0.3 is 0 Å². The molecule has 2 aromatic rings. The number of ether oxygens (including phenoxy) is 1. The maximum Gasteiger partial charge on any atom is 0.251 e. The second-order valence-electron chi connectivity index (χ2n) is 4.86. The first-order valence-electron chi connectivity index (χ1n) is 6.62. The maximum atomic E-state index is 12.4. The third-order valence-corrected chi connectivity index (χ3v) is 3.83. The smallest absolute Gasteiger partial charge is 0.251 e. The summed E-state index contributed by atoms with van der Waals surface area (Å²) < 4.78 is 5.59. The van der Waals surface area contributed by atoms with Crippen LogP contribution in [0.1, 0.15) is 28.4 Å². The predicted molar refractivity (Wildman–Crippen MR) is 83.2 cm³/mol. The summed E-state index contributed by atoms with van der Waals surface area (Å²) in [5.74, 6) is 0.624. The molecule has 21 heavy (non-hydrogen) atoms. The number of benzene rings is 2. The minimum Gasteiger partial charge on any atom is -0.493 e. The molecule has 0 spiro atoms. The van der Waals surface area contributed by atoms with Crippen molar-refractivity contribution in [3.63, 3.8) is 0 Å². The van der Waals surface area contributed by atoms with Gasteiger partial charge in [0.1, 0.15) is 5.75 Å². The number of rotatable bonds is 2. The van der Waals surface area contributed by atoms with E-state index in [1.807, 2.05) is 24.3 Å². The van der Waals surface area contributed by atoms with Crippen LogP contribution in [0.15, 0.2) is 42.5 Å². The van der Waals surface area contributed by atoms with Crippen molar-refractivity contribution in [1.82, 2.24) is 5.32 Å². The van der Waals surface area contributed by atoms with Crippen LogP contribution in [0.4, 0.5) is 0 Å². The third kappa shape index (κ3) is 3.14. The monoisotopic (exact) mass is 321 g/mol. The normalized spacial score (nSPS) is 16.8. The summed E-state index contributed by atoms with van der Waals surface area (Å²) in [4.78, 5) is 12.4. The molecule has 0 bridgehead atoms. The van der Waals surface area contributed by atoms with Gasteiger partial charge in [-0.15, -0.1) is 0 Å². The van der Waals surface area contributed by atoms with Crippen LogP contribution in [0.5, 0.6) is 5.75 Å². The van der Waals surface area contributed by atoms with Crippen LogP contribution in [0.3, 0.4) is 0 Å². The number of fused-ring (bicyclic) bond motifs is 1. The number of carbonyl (C=O) groups excluding carboxylic acids is 1. The van der Waals surface area contributed by atoms with E-state index in [2.05, 4.69) is 5.32 Å². The van der Waals surface area contributed by atoms with Crippen molar-refractivity contribution in [2.24, 2.45) is 0 Å². The first-order valence-corrected chi connectivity index (χ1v) is 7.38. The molecule has 1 amide bonds. The molecule has 1 N–H and O–H groups in total. The van der Waals surface area contributed by atoms with Gasteiger partial charge in [0.25, 0.3) is 5.91 Å². The van der Waals surface area contributed by atoms with Gasteiger partial charge in [0, 0.05) is 27.6 Å². The van der Waals surface area contributed by atoms with E-state index in [0.717, 1.165) is 17.7 Å². The lowest BCUT2D eigenvalue weighted by Crippen LogP contribution is -2.32. The highest BCUT2D eigenvalue weighted by Gasteiger charge is 2.23. The zero-order chi connectivity index (χ0) is 14.8. The predicted octanol–water partition coefficient (Wildman–Crippen LogP) is 4.25. The van der Waals surface area contributed by atoms with Gasteiger partial charge < -0.3 is 10.1 Å². The molecule has 0 aliphatic carbocycles. The molecule has 2 aromatic carbocycles. The van der Waals surface area contributed by atoms with Gasteiger partial charge in [-0.25, -0.2) is 0 Å². The summed E-state index contributed by atoms with van der Waals surface area (Å²) >= 11 is 11.9. The number of carbonyl (C=O) groups is 1. The number of para-hydroxylation sites is 1. The second kappa shape index (κ2) is 5.96. The maximum absolute atomic E-state index is 12.4. The van der Waals surface area contributed by atoms with Gasteiger partial charge in [-0.3, -0.25) is 4.79 Å². The van der Waals surface area contributed by atoms with Crippen LogP contribution in [-0.4, -0.2) is 12.5 Å². The molecule has 1 unspecified atom stereocenters. The summed E-state index contributed by atoms with van der Waals surface area (Å²) in [5.41, 5.74) is 1.45. The number of hydrogen-bond donors (Lipinski definition) is 1. The molecule has 1 aliphatic heterocycles. The molecule has 108 valence electrons. The van der Waals surface area contributed by atoms with Crippen molar-refractivity contribution in [2.75, 3.05) is 6.61 Å². The van der Waals surface area contributed by atoms with Crippen LogP contribution in [0, 0.1) is 0 Å². The molecule has 1 aliphatic rings. The molecule has 1 heterocycles. The van der Waals surface area contributed by atoms with Gasteiger partial charge in [-0.2, -0.15) is 0 Å². The fraction of sp³-hybridized carbons (Fsp3) is 0.188. The van der Waals surface area contributed by atoms with Gasteiger partial charge in [0.05, 0.1) is 12.6 Å². The first kappa shape index (κ1) is 14.2. The van der Waals surface area contributed by atoms with E-state index in [1.54, 1.807) is 18.2 Å². The molecule has 0 saturated carbocycles. The quantitative estimate of drug-likeness (QED) is 0.898. The molecule has 0 radical (unpaired) electrons. The highest BCUT2D eigenvalue weighted by Crippen LogP contribution is 2.31. The van der Waals surface area contributed by atoms with Crippen LogP contribution in [0.2, 0.25) is 10.0 Å². The van der Waals surface area contributed by atoms with Crippen LogP contribution < -0.4 is 10.1 Å². The summed E-state index contributed by atoms with van der Waals surface area (Å²) in [6, 6.07) is 12.5. The average molecular weight is 322 g/mol. The lowest BCUT2D eigenvalue weighted by Gasteiger charge is -2.26. The molecular weight excluding hydrogens is 309 g/mol. The van der Waals surface area contributed by atoms with Gasteiger partial charge in [0.2, 0.25) is 0 Å². The van der Waals surface area contributed by atoms with Crippen molar-refractivity contribution >= 4 is 29.1 Å². The summed E-state index contributed by atoms with van der Waals surface area (Å²) in [6.07, 6.45) is 0.733. The molecule has 5 heteroatoms. The Hall–Kier alpha value is -1.71. The van der Waals surface area contributed by atoms with Gasteiger partial charge in [-0.1, -0.05) is 41.4 Å². The van der Waals surface area contributed by atoms with E-state index in [1.165, 1.54) is 0 Å². The fourth-order valence-electron chi connectivity index (χ4n) is 2.42. The fourth-order valence-corrected chi connectivity index (χ4v) is 2.94. The van der Waals surface area contributed by atoms with E-state index >= 15 is 0 Å². The Labute approximate surface area is 132 Å². The molecule has 0 fully saturated rings. The average Bonchev–Trinajstić information content (AvgIpc) is 2.46. The van der Waals surface area contributed by atoms with E-state index < -0.39 is 0 Å². The minimum absolute atomic E-state index is 0.0693. The Morgan fingerprint density at radius 3 is 2.62 bits per heavy atom. The van der Waals surface area contributed by atoms with Crippen LogP contribution in [0.25, 0.3) is 0 Å². The summed E-state index contributed by atoms with van der Waals surface area (Å²) in [7, 11) is 0. The molecule has 0 saturated heterocycles. The highest BCUT2D eigenvalue weighted by molar-refractivity contribution is 6.35. The summed E-state index contributed by atoms with van der Waals surface area (Å²) in [5, 5.41) is 3.90. The molecular formula is C16H13Cl2NO2. The van der Waals surface area contributed by atoms with Crippen molar-refractivity contribution < 1.29 is 9.53 Å². The number of nitrogens with one attached hydrogen (secondary N) is 1. The number of halogens is 2. The molecule has 1 atom stereocenters. The Balaban J connectivity index is 1.82. The van der Waals surface area contributed by atoms with Crippen molar-refractivity contribution in [3.05, 3.63) is 63.6 Å². The largest absolute Gasteiger partial charge is 0.493 e. The van der Waals surface area contributed by atoms with E-state index in [4.69, 9.17) is 27.9 Å². The number of hydrogen-bond acceptors (Lipinski definition) is 2. The van der Waals surface area contributed by atoms with Gasteiger partial charge in [0.15, 0.2) is 0 Å². The Morgan fingerprint density at radius 1 is 1.14 bits per heavy atom. The second-order valence-corrected chi connectivity index (χ2v) is 5.73. The first-order chi connectivity index (χ1) is 10.1. The van der Waals surface area contributed by atoms with Crippen molar-refractivity contribution in [2.45, 2.75) is 12.5 Å². The lowest BCUT2D eigenvalue weighted by molar-refractivity contribution is 0.0925. The van der Waals surface area contributed by atoms with Crippen molar-refractivity contribution in [3.8, 4) is 5.75 Å². The molecule has 3 rings (SSSR count). The minimum atomic E-state index is -0.193. The lowest BCUT2D eigenvalue weighted by atomic mass is 10.00. The highest BCUT2D eigenvalue weighted by atomic mass is 35.5. The van der Waals surface area contributed by atoms with Crippen LogP contribution >= 0.6 is 23.2 Å². The zero-order valence-electron chi connectivity index (χ0n) is 11.1. The Bertz CT molecular complexity index is 667.